The van der Waals surface area contributed by atoms with Crippen molar-refractivity contribution in [2.45, 2.75) is 32.9 Å². The van der Waals surface area contributed by atoms with Crippen LogP contribution >= 0.6 is 0 Å². The number of hydrazine groups is 1. The van der Waals surface area contributed by atoms with E-state index in [-0.39, 0.29) is 12.5 Å². The number of carbonyl (C=O) groups is 2. The molecule has 0 aliphatic carbocycles. The van der Waals surface area contributed by atoms with Gasteiger partial charge in [0.15, 0.2) is 0 Å². The van der Waals surface area contributed by atoms with E-state index >= 15 is 0 Å². The summed E-state index contributed by atoms with van der Waals surface area (Å²) in [5.41, 5.74) is 3.60. The lowest BCUT2D eigenvalue weighted by molar-refractivity contribution is -0.128. The minimum absolute atomic E-state index is 0.0939. The minimum Gasteiger partial charge on any atom is -0.384 e. The lowest BCUT2D eigenvalue weighted by Crippen LogP contribution is -2.42. The number of nitrogens with one attached hydrogen (secondary N) is 2. The van der Waals surface area contributed by atoms with Gasteiger partial charge in [-0.15, -0.1) is 5.10 Å². The Morgan fingerprint density at radius 3 is 2.59 bits per heavy atom. The summed E-state index contributed by atoms with van der Waals surface area (Å²) < 4.78 is 1.27. The molecule has 0 bridgehead atoms. The van der Waals surface area contributed by atoms with Crippen molar-refractivity contribution >= 4 is 11.8 Å². The van der Waals surface area contributed by atoms with Crippen LogP contribution in [0, 0.1) is 0 Å². The number of aromatic nitrogens is 3. The van der Waals surface area contributed by atoms with E-state index < -0.39 is 11.5 Å². The standard InChI is InChI=1S/C9H15N5O3/c1-6(15)10-12-8(16)5-14-4-7(11-13-14)9(2,3)17/h4,17H,5H2,1-3H3,(H,10,15)(H,12,16). The number of nitrogens with zero attached hydrogens (tertiary/aromatic N) is 3. The first kappa shape index (κ1) is 13.1. The van der Waals surface area contributed by atoms with Gasteiger partial charge >= 0.3 is 0 Å². The molecule has 94 valence electrons. The Labute approximate surface area is 98.0 Å². The van der Waals surface area contributed by atoms with E-state index in [0.717, 1.165) is 0 Å². The van der Waals surface area contributed by atoms with E-state index in [2.05, 4.69) is 21.2 Å². The molecule has 0 saturated carbocycles. The Morgan fingerprint density at radius 1 is 1.47 bits per heavy atom. The van der Waals surface area contributed by atoms with Crippen LogP contribution in [0.5, 0.6) is 0 Å². The van der Waals surface area contributed by atoms with Crippen LogP contribution in [0.15, 0.2) is 6.20 Å². The van der Waals surface area contributed by atoms with Crippen LogP contribution in [0.4, 0.5) is 0 Å². The highest BCUT2D eigenvalue weighted by Gasteiger charge is 2.20. The maximum atomic E-state index is 11.3. The Morgan fingerprint density at radius 2 is 2.12 bits per heavy atom. The summed E-state index contributed by atoms with van der Waals surface area (Å²) >= 11 is 0. The normalized spacial score (nSPS) is 11.1. The highest BCUT2D eigenvalue weighted by molar-refractivity contribution is 5.80. The molecule has 0 spiro atoms. The fraction of sp³-hybridized carbons (Fsp3) is 0.556. The second-order valence-corrected chi connectivity index (χ2v) is 4.09. The molecular formula is C9H15N5O3. The minimum atomic E-state index is -1.10. The second-order valence-electron chi connectivity index (χ2n) is 4.09. The maximum Gasteiger partial charge on any atom is 0.260 e. The molecule has 1 aromatic heterocycles. The molecule has 0 saturated heterocycles. The molecule has 0 unspecified atom stereocenters. The third-order valence-corrected chi connectivity index (χ3v) is 1.85. The number of hydrogen-bond acceptors (Lipinski definition) is 5. The summed E-state index contributed by atoms with van der Waals surface area (Å²) in [6.07, 6.45) is 1.47. The summed E-state index contributed by atoms with van der Waals surface area (Å²) in [6.45, 7) is 4.32. The van der Waals surface area contributed by atoms with Gasteiger partial charge in [-0.2, -0.15) is 0 Å². The average molecular weight is 241 g/mol. The van der Waals surface area contributed by atoms with Crippen molar-refractivity contribution in [3.8, 4) is 0 Å². The summed E-state index contributed by atoms with van der Waals surface area (Å²) in [5.74, 6) is -0.804. The lowest BCUT2D eigenvalue weighted by Gasteiger charge is -2.11. The van der Waals surface area contributed by atoms with E-state index in [0.29, 0.717) is 5.69 Å². The van der Waals surface area contributed by atoms with Gasteiger partial charge in [0.05, 0.1) is 6.20 Å². The van der Waals surface area contributed by atoms with Gasteiger partial charge in [-0.25, -0.2) is 4.68 Å². The van der Waals surface area contributed by atoms with Crippen molar-refractivity contribution in [3.05, 3.63) is 11.9 Å². The van der Waals surface area contributed by atoms with Crippen LogP contribution in [-0.4, -0.2) is 31.9 Å². The topological polar surface area (TPSA) is 109 Å². The molecule has 8 nitrogen and oxygen atoms in total. The Balaban J connectivity index is 2.55. The van der Waals surface area contributed by atoms with E-state index in [1.165, 1.54) is 17.8 Å². The molecule has 8 heteroatoms. The highest BCUT2D eigenvalue weighted by atomic mass is 16.3. The molecule has 1 aromatic rings. The van der Waals surface area contributed by atoms with Crippen molar-refractivity contribution in [3.63, 3.8) is 0 Å². The van der Waals surface area contributed by atoms with Crippen molar-refractivity contribution in [1.82, 2.24) is 25.8 Å². The molecule has 2 amide bonds. The van der Waals surface area contributed by atoms with Gasteiger partial charge in [0.2, 0.25) is 5.91 Å². The molecule has 1 rings (SSSR count). The Hall–Kier alpha value is -1.96. The predicted octanol–water partition coefficient (Wildman–Crippen LogP) is -1.33. The van der Waals surface area contributed by atoms with Crippen LogP contribution in [-0.2, 0) is 21.7 Å². The van der Waals surface area contributed by atoms with E-state index in [4.69, 9.17) is 0 Å². The van der Waals surface area contributed by atoms with Gasteiger partial charge < -0.3 is 5.11 Å². The summed E-state index contributed by atoms with van der Waals surface area (Å²) in [4.78, 5) is 21.8. The Bertz CT molecular complexity index is 421. The molecule has 0 aromatic carbocycles. The first-order valence-electron chi connectivity index (χ1n) is 4.97. The number of aliphatic hydroxyl groups is 1. The molecule has 3 N–H and O–H groups in total. The first-order chi connectivity index (χ1) is 7.79. The lowest BCUT2D eigenvalue weighted by atomic mass is 10.1. The molecule has 0 fully saturated rings. The fourth-order valence-electron chi connectivity index (χ4n) is 1.00. The fourth-order valence-corrected chi connectivity index (χ4v) is 1.00. The number of rotatable bonds is 3. The summed E-state index contributed by atoms with van der Waals surface area (Å²) in [7, 11) is 0. The molecule has 0 aliphatic heterocycles. The predicted molar refractivity (Wildman–Crippen MR) is 57.2 cm³/mol. The molecule has 17 heavy (non-hydrogen) atoms. The molecule has 0 aliphatic rings. The zero-order valence-corrected chi connectivity index (χ0v) is 9.89. The molecule has 0 atom stereocenters. The van der Waals surface area contributed by atoms with Crippen molar-refractivity contribution in [1.29, 1.82) is 0 Å². The third-order valence-electron chi connectivity index (χ3n) is 1.85. The third kappa shape index (κ3) is 4.19. The van der Waals surface area contributed by atoms with Crippen LogP contribution in [0.25, 0.3) is 0 Å². The van der Waals surface area contributed by atoms with Crippen molar-refractivity contribution < 1.29 is 14.7 Å². The Kier molecular flexibility index (Phi) is 3.79. The SMILES string of the molecule is CC(=O)NNC(=O)Cn1cc(C(C)(C)O)nn1. The van der Waals surface area contributed by atoms with Gasteiger partial charge in [0.1, 0.15) is 17.8 Å². The van der Waals surface area contributed by atoms with Gasteiger partial charge in [-0.05, 0) is 13.8 Å². The first-order valence-corrected chi connectivity index (χ1v) is 4.97. The van der Waals surface area contributed by atoms with E-state index in [1.807, 2.05) is 0 Å². The quantitative estimate of drug-likeness (QED) is 0.568. The van der Waals surface area contributed by atoms with E-state index in [1.54, 1.807) is 13.8 Å². The summed E-state index contributed by atoms with van der Waals surface area (Å²) in [5, 5.41) is 17.1. The van der Waals surface area contributed by atoms with Crippen molar-refractivity contribution in [2.75, 3.05) is 0 Å². The van der Waals surface area contributed by atoms with E-state index in [9.17, 15) is 14.7 Å². The second kappa shape index (κ2) is 4.91. The highest BCUT2D eigenvalue weighted by Crippen LogP contribution is 2.15. The smallest absolute Gasteiger partial charge is 0.260 e. The average Bonchev–Trinajstić information content (AvgIpc) is 2.62. The monoisotopic (exact) mass is 241 g/mol. The maximum absolute atomic E-state index is 11.3. The van der Waals surface area contributed by atoms with Crippen molar-refractivity contribution in [2.24, 2.45) is 0 Å². The van der Waals surface area contributed by atoms with Gasteiger partial charge in [-0.3, -0.25) is 20.4 Å². The zero-order chi connectivity index (χ0) is 13.1. The molecule has 1 heterocycles. The number of carbonyl (C=O) groups excluding carboxylic acids is 2. The summed E-state index contributed by atoms with van der Waals surface area (Å²) in [6, 6.07) is 0. The zero-order valence-electron chi connectivity index (χ0n) is 9.89. The van der Waals surface area contributed by atoms with Crippen LogP contribution in [0.3, 0.4) is 0 Å². The largest absolute Gasteiger partial charge is 0.384 e. The molecule has 0 radical (unpaired) electrons. The van der Waals surface area contributed by atoms with Crippen LogP contribution < -0.4 is 10.9 Å². The van der Waals surface area contributed by atoms with Gasteiger partial charge in [0.25, 0.3) is 5.91 Å². The van der Waals surface area contributed by atoms with Crippen LogP contribution in [0.1, 0.15) is 26.5 Å². The van der Waals surface area contributed by atoms with Crippen LogP contribution in [0.2, 0.25) is 0 Å². The number of amides is 2. The van der Waals surface area contributed by atoms with Gasteiger partial charge in [0, 0.05) is 6.92 Å². The number of hydrogen-bond donors (Lipinski definition) is 3. The molecular weight excluding hydrogens is 226 g/mol. The van der Waals surface area contributed by atoms with Gasteiger partial charge in [-0.1, -0.05) is 5.21 Å².